The molecule has 2 rings (SSSR count). The molecule has 0 amide bonds. The lowest BCUT2D eigenvalue weighted by molar-refractivity contribution is 0.101. The molecule has 92 valence electrons. The van der Waals surface area contributed by atoms with E-state index in [1.807, 2.05) is 0 Å². The van der Waals surface area contributed by atoms with Crippen molar-refractivity contribution in [1.82, 2.24) is 0 Å². The van der Waals surface area contributed by atoms with Crippen LogP contribution in [0.15, 0.2) is 42.5 Å². The van der Waals surface area contributed by atoms with Crippen LogP contribution >= 0.6 is 0 Å². The number of halogens is 1. The Hall–Kier alpha value is -2.16. The monoisotopic (exact) mass is 244 g/mol. The van der Waals surface area contributed by atoms with E-state index < -0.39 is 5.82 Å². The van der Waals surface area contributed by atoms with Crippen LogP contribution in [0.1, 0.15) is 17.3 Å². The van der Waals surface area contributed by atoms with Crippen molar-refractivity contribution in [3.05, 3.63) is 53.8 Å². The fraction of sp³-hybridized carbons (Fsp3) is 0.133. The van der Waals surface area contributed by atoms with Gasteiger partial charge in [-0.25, -0.2) is 4.39 Å². The van der Waals surface area contributed by atoms with E-state index in [9.17, 15) is 9.18 Å². The van der Waals surface area contributed by atoms with Crippen LogP contribution < -0.4 is 4.74 Å². The number of carbonyl (C=O) groups is 1. The average Bonchev–Trinajstić information content (AvgIpc) is 2.38. The van der Waals surface area contributed by atoms with Gasteiger partial charge in [-0.3, -0.25) is 4.79 Å². The Morgan fingerprint density at radius 1 is 1.06 bits per heavy atom. The number of rotatable bonds is 3. The molecule has 0 bridgehead atoms. The molecule has 0 aliphatic heterocycles. The van der Waals surface area contributed by atoms with E-state index in [-0.39, 0.29) is 11.5 Å². The number of methoxy groups -OCH3 is 1. The first-order chi connectivity index (χ1) is 8.61. The molecular formula is C15H13FO2. The molecule has 0 heterocycles. The van der Waals surface area contributed by atoms with Crippen molar-refractivity contribution < 1.29 is 13.9 Å². The molecule has 0 saturated heterocycles. The lowest BCUT2D eigenvalue weighted by Crippen LogP contribution is -1.91. The molecule has 0 N–H and O–H groups in total. The summed E-state index contributed by atoms with van der Waals surface area (Å²) in [7, 11) is 1.43. The average molecular weight is 244 g/mol. The molecule has 0 aliphatic rings. The zero-order valence-electron chi connectivity index (χ0n) is 10.2. The first kappa shape index (κ1) is 12.3. The van der Waals surface area contributed by atoms with Crippen molar-refractivity contribution in [2.24, 2.45) is 0 Å². The quantitative estimate of drug-likeness (QED) is 0.769. The van der Waals surface area contributed by atoms with E-state index in [0.717, 1.165) is 11.1 Å². The highest BCUT2D eigenvalue weighted by molar-refractivity contribution is 5.94. The summed E-state index contributed by atoms with van der Waals surface area (Å²) in [6, 6.07) is 11.9. The van der Waals surface area contributed by atoms with Gasteiger partial charge < -0.3 is 4.74 Å². The second-order valence-electron chi connectivity index (χ2n) is 3.98. The second-order valence-corrected chi connectivity index (χ2v) is 3.98. The second kappa shape index (κ2) is 5.00. The number of carbonyl (C=O) groups excluding carboxylic acids is 1. The fourth-order valence-electron chi connectivity index (χ4n) is 1.74. The molecule has 0 aromatic heterocycles. The molecule has 0 radical (unpaired) electrons. The molecule has 18 heavy (non-hydrogen) atoms. The Morgan fingerprint density at radius 2 is 1.67 bits per heavy atom. The van der Waals surface area contributed by atoms with Gasteiger partial charge in [0, 0.05) is 5.56 Å². The molecule has 3 heteroatoms. The van der Waals surface area contributed by atoms with Gasteiger partial charge in [0.2, 0.25) is 0 Å². The maximum Gasteiger partial charge on any atom is 0.165 e. The molecule has 0 aliphatic carbocycles. The number of hydrogen-bond acceptors (Lipinski definition) is 2. The first-order valence-electron chi connectivity index (χ1n) is 5.56. The molecule has 0 unspecified atom stereocenters. The molecule has 0 atom stereocenters. The zero-order chi connectivity index (χ0) is 13.1. The maximum absolute atomic E-state index is 13.6. The van der Waals surface area contributed by atoms with Crippen LogP contribution in [-0.2, 0) is 0 Å². The third kappa shape index (κ3) is 2.40. The first-order valence-corrected chi connectivity index (χ1v) is 5.56. The largest absolute Gasteiger partial charge is 0.494 e. The summed E-state index contributed by atoms with van der Waals surface area (Å²) in [4.78, 5) is 11.2. The van der Waals surface area contributed by atoms with E-state index in [2.05, 4.69) is 0 Å². The van der Waals surface area contributed by atoms with Gasteiger partial charge in [0.25, 0.3) is 0 Å². The Labute approximate surface area is 105 Å². The normalized spacial score (nSPS) is 10.2. The molecule has 2 aromatic rings. The fourth-order valence-corrected chi connectivity index (χ4v) is 1.74. The predicted molar refractivity (Wildman–Crippen MR) is 68.4 cm³/mol. The van der Waals surface area contributed by atoms with E-state index >= 15 is 0 Å². The van der Waals surface area contributed by atoms with Crippen molar-refractivity contribution in [3.8, 4) is 16.9 Å². The topological polar surface area (TPSA) is 26.3 Å². The van der Waals surface area contributed by atoms with Gasteiger partial charge in [0.05, 0.1) is 7.11 Å². The van der Waals surface area contributed by atoms with E-state index in [1.165, 1.54) is 20.1 Å². The molecule has 0 spiro atoms. The van der Waals surface area contributed by atoms with E-state index in [1.54, 1.807) is 36.4 Å². The van der Waals surface area contributed by atoms with Crippen molar-refractivity contribution >= 4 is 5.78 Å². The Bertz CT molecular complexity index is 574. The minimum absolute atomic E-state index is 0.0162. The van der Waals surface area contributed by atoms with Crippen molar-refractivity contribution in [1.29, 1.82) is 0 Å². The maximum atomic E-state index is 13.6. The van der Waals surface area contributed by atoms with Gasteiger partial charge in [0.15, 0.2) is 17.3 Å². The third-order valence-corrected chi connectivity index (χ3v) is 2.78. The predicted octanol–water partition coefficient (Wildman–Crippen LogP) is 3.70. The van der Waals surface area contributed by atoms with Gasteiger partial charge >= 0.3 is 0 Å². The van der Waals surface area contributed by atoms with E-state index in [0.29, 0.717) is 5.56 Å². The number of hydrogen-bond donors (Lipinski definition) is 0. The summed E-state index contributed by atoms with van der Waals surface area (Å²) in [6.45, 7) is 1.52. The van der Waals surface area contributed by atoms with Crippen LogP contribution in [0.4, 0.5) is 4.39 Å². The molecule has 0 fully saturated rings. The highest BCUT2D eigenvalue weighted by Crippen LogP contribution is 2.25. The lowest BCUT2D eigenvalue weighted by Gasteiger charge is -2.06. The third-order valence-electron chi connectivity index (χ3n) is 2.78. The molecule has 2 nitrogen and oxygen atoms in total. The number of ether oxygens (including phenoxy) is 1. The summed E-state index contributed by atoms with van der Waals surface area (Å²) in [6.07, 6.45) is 0. The summed E-state index contributed by atoms with van der Waals surface area (Å²) in [5.41, 5.74) is 2.26. The van der Waals surface area contributed by atoms with Crippen LogP contribution in [0.25, 0.3) is 11.1 Å². The van der Waals surface area contributed by atoms with Gasteiger partial charge in [-0.05, 0) is 30.2 Å². The van der Waals surface area contributed by atoms with Crippen LogP contribution in [0.3, 0.4) is 0 Å². The van der Waals surface area contributed by atoms with Gasteiger partial charge in [-0.1, -0.05) is 30.3 Å². The van der Waals surface area contributed by atoms with Crippen molar-refractivity contribution in [3.63, 3.8) is 0 Å². The zero-order valence-corrected chi connectivity index (χ0v) is 10.2. The summed E-state index contributed by atoms with van der Waals surface area (Å²) in [5.74, 6) is -0.160. The molecule has 2 aromatic carbocycles. The van der Waals surface area contributed by atoms with Crippen molar-refractivity contribution in [2.75, 3.05) is 7.11 Å². The Morgan fingerprint density at radius 3 is 2.17 bits per heavy atom. The van der Waals surface area contributed by atoms with Gasteiger partial charge in [0.1, 0.15) is 0 Å². The van der Waals surface area contributed by atoms with Crippen LogP contribution in [-0.4, -0.2) is 12.9 Å². The van der Waals surface area contributed by atoms with Crippen molar-refractivity contribution in [2.45, 2.75) is 6.92 Å². The standard InChI is InChI=1S/C15H13FO2/c1-10(17)11-3-5-12(6-4-11)13-7-8-15(18-2)14(16)9-13/h3-9H,1-2H3. The van der Waals surface area contributed by atoms with Crippen LogP contribution in [0.5, 0.6) is 5.75 Å². The summed E-state index contributed by atoms with van der Waals surface area (Å²) < 4.78 is 18.4. The SMILES string of the molecule is COc1ccc(-c2ccc(C(C)=O)cc2)cc1F. The molecule has 0 saturated carbocycles. The smallest absolute Gasteiger partial charge is 0.165 e. The molecular weight excluding hydrogens is 231 g/mol. The highest BCUT2D eigenvalue weighted by atomic mass is 19.1. The summed E-state index contributed by atoms with van der Waals surface area (Å²) in [5, 5.41) is 0. The minimum atomic E-state index is -0.398. The summed E-state index contributed by atoms with van der Waals surface area (Å²) >= 11 is 0. The Balaban J connectivity index is 2.36. The van der Waals surface area contributed by atoms with Crippen LogP contribution in [0, 0.1) is 5.82 Å². The lowest BCUT2D eigenvalue weighted by atomic mass is 10.0. The van der Waals surface area contributed by atoms with E-state index in [4.69, 9.17) is 4.74 Å². The highest BCUT2D eigenvalue weighted by Gasteiger charge is 2.06. The number of benzene rings is 2. The van der Waals surface area contributed by atoms with Gasteiger partial charge in [-0.2, -0.15) is 0 Å². The van der Waals surface area contributed by atoms with Crippen LogP contribution in [0.2, 0.25) is 0 Å². The number of Topliss-reactive ketones (excluding diaryl/α,β-unsaturated/α-hetero) is 1. The minimum Gasteiger partial charge on any atom is -0.494 e. The number of ketones is 1. The Kier molecular flexibility index (Phi) is 3.42. The van der Waals surface area contributed by atoms with Gasteiger partial charge in [-0.15, -0.1) is 0 Å².